The highest BCUT2D eigenvalue weighted by Crippen LogP contribution is 2.42. The van der Waals surface area contributed by atoms with Gasteiger partial charge in [0.05, 0.1) is 35.7 Å². The van der Waals surface area contributed by atoms with Crippen molar-refractivity contribution in [1.82, 2.24) is 20.3 Å². The number of aromatic nitrogens is 3. The van der Waals surface area contributed by atoms with Gasteiger partial charge in [0.2, 0.25) is 5.91 Å². The second-order valence-corrected chi connectivity index (χ2v) is 8.29. The molecule has 3 rings (SSSR count). The first-order chi connectivity index (χ1) is 10.4. The Labute approximate surface area is 128 Å². The van der Waals surface area contributed by atoms with E-state index < -0.39 is 21.3 Å². The molecule has 9 heteroatoms. The lowest BCUT2D eigenvalue weighted by molar-refractivity contribution is -0.124. The lowest BCUT2D eigenvalue weighted by Crippen LogP contribution is -2.33. The Hall–Kier alpha value is -1.95. The first-order valence-corrected chi connectivity index (χ1v) is 9.02. The molecule has 2 aliphatic rings. The van der Waals surface area contributed by atoms with E-state index in [1.165, 1.54) is 0 Å². The Morgan fingerprint density at radius 3 is 2.86 bits per heavy atom. The monoisotopic (exact) mass is 323 g/mol. The van der Waals surface area contributed by atoms with Crippen LogP contribution in [0.1, 0.15) is 37.9 Å². The van der Waals surface area contributed by atoms with Crippen LogP contribution >= 0.6 is 0 Å². The molecule has 22 heavy (non-hydrogen) atoms. The van der Waals surface area contributed by atoms with Crippen molar-refractivity contribution in [2.45, 2.75) is 37.8 Å². The molecule has 1 unspecified atom stereocenters. The van der Waals surface area contributed by atoms with E-state index in [0.717, 1.165) is 12.8 Å². The summed E-state index contributed by atoms with van der Waals surface area (Å²) in [5, 5.41) is 19.9. The Balaban J connectivity index is 1.64. The predicted octanol–water partition coefficient (Wildman–Crippen LogP) is -0.0973. The normalized spacial score (nSPS) is 26.1. The molecule has 1 aliphatic heterocycles. The maximum absolute atomic E-state index is 12.1. The first-order valence-electron chi connectivity index (χ1n) is 7.20. The number of carbonyl (C=O) groups is 1. The Bertz CT molecular complexity index is 744. The SMILES string of the molecule is C[C@H](NC(=O)C1CCS(=O)(=O)C1)c1cn(C2(C#N)CC2)nn1. The molecule has 1 saturated heterocycles. The maximum Gasteiger partial charge on any atom is 0.224 e. The summed E-state index contributed by atoms with van der Waals surface area (Å²) in [6.07, 6.45) is 3.55. The maximum atomic E-state index is 12.1. The van der Waals surface area contributed by atoms with E-state index in [1.807, 2.05) is 0 Å². The number of carbonyl (C=O) groups excluding carboxylic acids is 1. The zero-order valence-electron chi connectivity index (χ0n) is 12.2. The zero-order chi connectivity index (χ0) is 16.0. The van der Waals surface area contributed by atoms with Crippen molar-refractivity contribution in [1.29, 1.82) is 5.26 Å². The van der Waals surface area contributed by atoms with Gasteiger partial charge in [-0.3, -0.25) is 4.79 Å². The molecule has 2 heterocycles. The topological polar surface area (TPSA) is 118 Å². The van der Waals surface area contributed by atoms with Crippen molar-refractivity contribution >= 4 is 15.7 Å². The average molecular weight is 323 g/mol. The molecular formula is C13H17N5O3S. The lowest BCUT2D eigenvalue weighted by Gasteiger charge is -2.14. The van der Waals surface area contributed by atoms with Crippen LogP contribution in [-0.2, 0) is 20.2 Å². The van der Waals surface area contributed by atoms with Crippen LogP contribution in [0, 0.1) is 17.2 Å². The van der Waals surface area contributed by atoms with Crippen molar-refractivity contribution in [3.63, 3.8) is 0 Å². The van der Waals surface area contributed by atoms with E-state index in [9.17, 15) is 13.2 Å². The highest BCUT2D eigenvalue weighted by molar-refractivity contribution is 7.91. The molecule has 0 spiro atoms. The van der Waals surface area contributed by atoms with Crippen LogP contribution in [0.2, 0.25) is 0 Å². The molecule has 1 aliphatic carbocycles. The quantitative estimate of drug-likeness (QED) is 0.827. The summed E-state index contributed by atoms with van der Waals surface area (Å²) in [6.45, 7) is 1.77. The number of hydrogen-bond acceptors (Lipinski definition) is 6. The first kappa shape index (κ1) is 15.0. The summed E-state index contributed by atoms with van der Waals surface area (Å²) in [5.74, 6) is -0.781. The predicted molar refractivity (Wildman–Crippen MR) is 76.2 cm³/mol. The van der Waals surface area contributed by atoms with Crippen LogP contribution in [-0.4, -0.2) is 40.8 Å². The molecule has 1 saturated carbocycles. The summed E-state index contributed by atoms with van der Waals surface area (Å²) in [7, 11) is -3.08. The summed E-state index contributed by atoms with van der Waals surface area (Å²) < 4.78 is 24.4. The van der Waals surface area contributed by atoms with Gasteiger partial charge in [-0.2, -0.15) is 5.26 Å². The summed E-state index contributed by atoms with van der Waals surface area (Å²) in [6, 6.07) is 1.85. The van der Waals surface area contributed by atoms with Crippen molar-refractivity contribution in [3.05, 3.63) is 11.9 Å². The molecule has 1 N–H and O–H groups in total. The number of rotatable bonds is 4. The number of nitriles is 1. The minimum Gasteiger partial charge on any atom is -0.348 e. The number of hydrogen-bond donors (Lipinski definition) is 1. The van der Waals surface area contributed by atoms with Crippen molar-refractivity contribution in [2.24, 2.45) is 5.92 Å². The van der Waals surface area contributed by atoms with Crippen LogP contribution in [0.25, 0.3) is 0 Å². The fourth-order valence-corrected chi connectivity index (χ4v) is 4.34. The molecule has 118 valence electrons. The van der Waals surface area contributed by atoms with E-state index in [4.69, 9.17) is 5.26 Å². The van der Waals surface area contributed by atoms with E-state index >= 15 is 0 Å². The molecule has 2 atom stereocenters. The van der Waals surface area contributed by atoms with E-state index in [-0.39, 0.29) is 23.5 Å². The highest BCUT2D eigenvalue weighted by Gasteiger charge is 2.46. The third kappa shape index (κ3) is 2.70. The zero-order valence-corrected chi connectivity index (χ0v) is 13.0. The fourth-order valence-electron chi connectivity index (χ4n) is 2.60. The van der Waals surface area contributed by atoms with Crippen LogP contribution in [0.5, 0.6) is 0 Å². The van der Waals surface area contributed by atoms with Gasteiger partial charge in [-0.05, 0) is 26.2 Å². The lowest BCUT2D eigenvalue weighted by atomic mass is 10.1. The highest BCUT2D eigenvalue weighted by atomic mass is 32.2. The Morgan fingerprint density at radius 1 is 1.59 bits per heavy atom. The van der Waals surface area contributed by atoms with Crippen LogP contribution in [0.15, 0.2) is 6.20 Å². The standard InChI is InChI=1S/C13H17N5O3S/c1-9(15-12(19)10-2-5-22(20,21)7-10)11-6-18(17-16-11)13(8-14)3-4-13/h6,9-10H,2-5,7H2,1H3,(H,15,19)/t9-,10?/m0/s1. The summed E-state index contributed by atoms with van der Waals surface area (Å²) in [4.78, 5) is 12.1. The number of nitrogens with zero attached hydrogens (tertiary/aromatic N) is 4. The molecule has 1 amide bonds. The molecular weight excluding hydrogens is 306 g/mol. The van der Waals surface area contributed by atoms with Gasteiger partial charge in [0, 0.05) is 0 Å². The summed E-state index contributed by atoms with van der Waals surface area (Å²) in [5.41, 5.74) is -0.00940. The van der Waals surface area contributed by atoms with Gasteiger partial charge in [-0.25, -0.2) is 13.1 Å². The molecule has 1 aromatic rings. The van der Waals surface area contributed by atoms with Gasteiger partial charge in [-0.1, -0.05) is 5.21 Å². The van der Waals surface area contributed by atoms with E-state index in [1.54, 1.807) is 17.8 Å². The number of nitrogens with one attached hydrogen (secondary N) is 1. The second-order valence-electron chi connectivity index (χ2n) is 6.06. The molecule has 0 aromatic carbocycles. The fraction of sp³-hybridized carbons (Fsp3) is 0.692. The largest absolute Gasteiger partial charge is 0.348 e. The average Bonchev–Trinajstić information content (AvgIpc) is 2.93. The van der Waals surface area contributed by atoms with E-state index in [0.29, 0.717) is 12.1 Å². The van der Waals surface area contributed by atoms with Gasteiger partial charge < -0.3 is 5.32 Å². The van der Waals surface area contributed by atoms with Gasteiger partial charge in [0.15, 0.2) is 15.4 Å². The van der Waals surface area contributed by atoms with Crippen molar-refractivity contribution in [2.75, 3.05) is 11.5 Å². The van der Waals surface area contributed by atoms with Gasteiger partial charge in [0.1, 0.15) is 5.69 Å². The van der Waals surface area contributed by atoms with Gasteiger partial charge >= 0.3 is 0 Å². The van der Waals surface area contributed by atoms with Gasteiger partial charge in [0.25, 0.3) is 0 Å². The number of sulfone groups is 1. The molecule has 1 aromatic heterocycles. The smallest absolute Gasteiger partial charge is 0.224 e. The second kappa shape index (κ2) is 5.05. The van der Waals surface area contributed by atoms with Gasteiger partial charge in [-0.15, -0.1) is 5.10 Å². The third-order valence-electron chi connectivity index (χ3n) is 4.29. The van der Waals surface area contributed by atoms with Crippen LogP contribution in [0.3, 0.4) is 0 Å². The molecule has 0 bridgehead atoms. The van der Waals surface area contributed by atoms with Crippen molar-refractivity contribution < 1.29 is 13.2 Å². The molecule has 2 fully saturated rings. The van der Waals surface area contributed by atoms with E-state index in [2.05, 4.69) is 21.7 Å². The number of amides is 1. The molecule has 8 nitrogen and oxygen atoms in total. The van der Waals surface area contributed by atoms with Crippen LogP contribution in [0.4, 0.5) is 0 Å². The summed E-state index contributed by atoms with van der Waals surface area (Å²) >= 11 is 0. The minimum atomic E-state index is -3.08. The van der Waals surface area contributed by atoms with Crippen LogP contribution < -0.4 is 5.32 Å². The van der Waals surface area contributed by atoms with Crippen molar-refractivity contribution in [3.8, 4) is 6.07 Å². The molecule has 0 radical (unpaired) electrons. The Morgan fingerprint density at radius 2 is 2.32 bits per heavy atom. The minimum absolute atomic E-state index is 0.0698. The Kier molecular flexibility index (Phi) is 3.44. The third-order valence-corrected chi connectivity index (χ3v) is 6.05.